The number of hydrogen-bond donors (Lipinski definition) is 2. The number of aromatic nitrogens is 1. The van der Waals surface area contributed by atoms with Crippen LogP contribution in [0.1, 0.15) is 12.5 Å². The minimum atomic E-state index is -4.06. The molecule has 1 atom stereocenters. The van der Waals surface area contributed by atoms with Gasteiger partial charge in [-0.1, -0.05) is 17.7 Å². The van der Waals surface area contributed by atoms with Crippen molar-refractivity contribution in [1.82, 2.24) is 9.71 Å². The SMILES string of the molecule is Cc1ccc(S(=O)(=O)NC(=O)CN2C(=O)C(C)Oc3ccc(N)nc32)cc1. The number of nitrogen functional groups attached to an aromatic ring is 1. The van der Waals surface area contributed by atoms with Gasteiger partial charge in [-0.2, -0.15) is 0 Å². The third-order valence-corrected chi connectivity index (χ3v) is 5.30. The molecular formula is C17H18N4O5S. The van der Waals surface area contributed by atoms with Crippen LogP contribution in [0.15, 0.2) is 41.3 Å². The van der Waals surface area contributed by atoms with Crippen LogP contribution in [-0.4, -0.2) is 37.9 Å². The normalized spacial score (nSPS) is 16.4. The summed E-state index contributed by atoms with van der Waals surface area (Å²) in [6, 6.07) is 9.06. The second-order valence-electron chi connectivity index (χ2n) is 6.08. The van der Waals surface area contributed by atoms with Gasteiger partial charge in [0.15, 0.2) is 17.7 Å². The van der Waals surface area contributed by atoms with Gasteiger partial charge in [-0.15, -0.1) is 0 Å². The third-order valence-electron chi connectivity index (χ3n) is 3.92. The lowest BCUT2D eigenvalue weighted by Gasteiger charge is -2.31. The minimum absolute atomic E-state index is 0.0501. The van der Waals surface area contributed by atoms with E-state index in [9.17, 15) is 18.0 Å². The predicted octanol–water partition coefficient (Wildman–Crippen LogP) is 0.591. The van der Waals surface area contributed by atoms with Gasteiger partial charge in [0.2, 0.25) is 0 Å². The van der Waals surface area contributed by atoms with E-state index in [0.29, 0.717) is 0 Å². The van der Waals surface area contributed by atoms with Crippen molar-refractivity contribution in [3.05, 3.63) is 42.0 Å². The molecule has 1 aliphatic rings. The molecular weight excluding hydrogens is 372 g/mol. The van der Waals surface area contributed by atoms with E-state index < -0.39 is 34.5 Å². The number of benzene rings is 1. The Morgan fingerprint density at radius 2 is 1.93 bits per heavy atom. The Hall–Kier alpha value is -3.14. The second kappa shape index (κ2) is 6.88. The van der Waals surface area contributed by atoms with Crippen molar-refractivity contribution < 1.29 is 22.7 Å². The van der Waals surface area contributed by atoms with Gasteiger partial charge >= 0.3 is 0 Å². The van der Waals surface area contributed by atoms with Crippen LogP contribution in [0.5, 0.6) is 5.75 Å². The van der Waals surface area contributed by atoms with E-state index in [0.717, 1.165) is 10.5 Å². The number of anilines is 2. The fraction of sp³-hybridized carbons (Fsp3) is 0.235. The average molecular weight is 390 g/mol. The first-order valence-electron chi connectivity index (χ1n) is 8.04. The first-order chi connectivity index (χ1) is 12.7. The van der Waals surface area contributed by atoms with Crippen LogP contribution < -0.4 is 20.1 Å². The van der Waals surface area contributed by atoms with Crippen molar-refractivity contribution in [3.8, 4) is 5.75 Å². The van der Waals surface area contributed by atoms with E-state index in [1.54, 1.807) is 12.1 Å². The molecule has 0 saturated carbocycles. The molecule has 0 saturated heterocycles. The zero-order valence-corrected chi connectivity index (χ0v) is 15.5. The molecule has 1 unspecified atom stereocenters. The van der Waals surface area contributed by atoms with E-state index in [1.807, 2.05) is 11.6 Å². The first-order valence-corrected chi connectivity index (χ1v) is 9.52. The molecule has 10 heteroatoms. The molecule has 0 bridgehead atoms. The number of aryl methyl sites for hydroxylation is 1. The van der Waals surface area contributed by atoms with E-state index in [2.05, 4.69) is 4.98 Å². The van der Waals surface area contributed by atoms with E-state index >= 15 is 0 Å². The fourth-order valence-corrected chi connectivity index (χ4v) is 3.53. The summed E-state index contributed by atoms with van der Waals surface area (Å²) < 4.78 is 32.1. The third kappa shape index (κ3) is 3.85. The quantitative estimate of drug-likeness (QED) is 0.781. The van der Waals surface area contributed by atoms with Gasteiger partial charge in [0.1, 0.15) is 12.4 Å². The lowest BCUT2D eigenvalue weighted by atomic mass is 10.2. The number of nitrogens with two attached hydrogens (primary N) is 1. The van der Waals surface area contributed by atoms with Crippen LogP contribution in [0, 0.1) is 6.92 Å². The number of amides is 2. The molecule has 1 aliphatic heterocycles. The Bertz CT molecular complexity index is 1000. The van der Waals surface area contributed by atoms with Crippen LogP contribution in [0.3, 0.4) is 0 Å². The Balaban J connectivity index is 1.82. The highest BCUT2D eigenvalue weighted by Crippen LogP contribution is 2.32. The predicted molar refractivity (Wildman–Crippen MR) is 97.6 cm³/mol. The summed E-state index contributed by atoms with van der Waals surface area (Å²) in [7, 11) is -4.06. The van der Waals surface area contributed by atoms with Gasteiger partial charge in [-0.3, -0.25) is 14.5 Å². The monoisotopic (exact) mass is 390 g/mol. The summed E-state index contributed by atoms with van der Waals surface area (Å²) in [6.45, 7) is 2.80. The van der Waals surface area contributed by atoms with E-state index in [-0.39, 0.29) is 22.3 Å². The van der Waals surface area contributed by atoms with Gasteiger partial charge in [0, 0.05) is 0 Å². The fourth-order valence-electron chi connectivity index (χ4n) is 2.56. The lowest BCUT2D eigenvalue weighted by Crippen LogP contribution is -2.49. The van der Waals surface area contributed by atoms with Gasteiger partial charge in [-0.05, 0) is 38.1 Å². The number of rotatable bonds is 4. The molecule has 2 amide bonds. The molecule has 0 fully saturated rings. The Labute approximate surface area is 156 Å². The maximum atomic E-state index is 12.4. The summed E-state index contributed by atoms with van der Waals surface area (Å²) in [5.41, 5.74) is 6.53. The van der Waals surface area contributed by atoms with Gasteiger partial charge < -0.3 is 10.5 Å². The first kappa shape index (κ1) is 18.6. The largest absolute Gasteiger partial charge is 0.477 e. The summed E-state index contributed by atoms with van der Waals surface area (Å²) in [5, 5.41) is 0. The maximum absolute atomic E-state index is 12.4. The summed E-state index contributed by atoms with van der Waals surface area (Å²) in [4.78, 5) is 29.8. The van der Waals surface area contributed by atoms with Crippen molar-refractivity contribution in [2.45, 2.75) is 24.8 Å². The van der Waals surface area contributed by atoms with Crippen LogP contribution in [0.4, 0.5) is 11.6 Å². The molecule has 0 spiro atoms. The minimum Gasteiger partial charge on any atom is -0.477 e. The van der Waals surface area contributed by atoms with Crippen molar-refractivity contribution in [1.29, 1.82) is 0 Å². The summed E-state index contributed by atoms with van der Waals surface area (Å²) >= 11 is 0. The number of carbonyl (C=O) groups is 2. The highest BCUT2D eigenvalue weighted by Gasteiger charge is 2.34. The number of hydrogen-bond acceptors (Lipinski definition) is 7. The number of sulfonamides is 1. The molecule has 3 rings (SSSR count). The Kier molecular flexibility index (Phi) is 4.75. The highest BCUT2D eigenvalue weighted by molar-refractivity contribution is 7.90. The molecule has 2 aromatic rings. The molecule has 0 aliphatic carbocycles. The van der Waals surface area contributed by atoms with Crippen molar-refractivity contribution in [2.75, 3.05) is 17.2 Å². The number of pyridine rings is 1. The van der Waals surface area contributed by atoms with Crippen molar-refractivity contribution >= 4 is 33.5 Å². The van der Waals surface area contributed by atoms with Gasteiger partial charge in [0.05, 0.1) is 4.90 Å². The maximum Gasteiger partial charge on any atom is 0.269 e. The molecule has 1 aromatic carbocycles. The highest BCUT2D eigenvalue weighted by atomic mass is 32.2. The Morgan fingerprint density at radius 3 is 2.59 bits per heavy atom. The average Bonchev–Trinajstić information content (AvgIpc) is 2.59. The van der Waals surface area contributed by atoms with Gasteiger partial charge in [0.25, 0.3) is 21.8 Å². The number of fused-ring (bicyclic) bond motifs is 1. The molecule has 142 valence electrons. The van der Waals surface area contributed by atoms with Crippen LogP contribution >= 0.6 is 0 Å². The van der Waals surface area contributed by atoms with E-state index in [4.69, 9.17) is 10.5 Å². The van der Waals surface area contributed by atoms with Crippen LogP contribution in [0.25, 0.3) is 0 Å². The van der Waals surface area contributed by atoms with Crippen LogP contribution in [-0.2, 0) is 19.6 Å². The molecule has 0 radical (unpaired) electrons. The number of carbonyl (C=O) groups excluding carboxylic acids is 2. The number of nitrogens with one attached hydrogen (secondary N) is 1. The molecule has 3 N–H and O–H groups in total. The summed E-state index contributed by atoms with van der Waals surface area (Å²) in [5.74, 6) is -0.916. The molecule has 27 heavy (non-hydrogen) atoms. The number of nitrogens with zero attached hydrogens (tertiary/aromatic N) is 2. The Morgan fingerprint density at radius 1 is 1.26 bits per heavy atom. The smallest absolute Gasteiger partial charge is 0.269 e. The second-order valence-corrected chi connectivity index (χ2v) is 7.77. The topological polar surface area (TPSA) is 132 Å². The van der Waals surface area contributed by atoms with Gasteiger partial charge in [-0.25, -0.2) is 18.1 Å². The lowest BCUT2D eigenvalue weighted by molar-refractivity contribution is -0.128. The van der Waals surface area contributed by atoms with E-state index in [1.165, 1.54) is 31.2 Å². The molecule has 9 nitrogen and oxygen atoms in total. The van der Waals surface area contributed by atoms with Crippen molar-refractivity contribution in [2.24, 2.45) is 0 Å². The van der Waals surface area contributed by atoms with Crippen LogP contribution in [0.2, 0.25) is 0 Å². The standard InChI is InChI=1S/C17H18N4O5S/c1-10-3-5-12(6-4-10)27(24,25)20-15(22)9-21-16-13(7-8-14(18)19-16)26-11(2)17(21)23/h3-8,11H,9H2,1-2H3,(H2,18,19)(H,20,22). The van der Waals surface area contributed by atoms with Crippen molar-refractivity contribution in [3.63, 3.8) is 0 Å². The zero-order chi connectivity index (χ0) is 19.8. The molecule has 1 aromatic heterocycles. The molecule has 2 heterocycles. The number of ether oxygens (including phenoxy) is 1. The summed E-state index contributed by atoms with van der Waals surface area (Å²) in [6.07, 6.45) is -0.843. The zero-order valence-electron chi connectivity index (χ0n) is 14.7.